The van der Waals surface area contributed by atoms with Crippen molar-refractivity contribution in [3.05, 3.63) is 12.2 Å². The van der Waals surface area contributed by atoms with E-state index in [0.29, 0.717) is 6.54 Å². The van der Waals surface area contributed by atoms with Gasteiger partial charge in [0.1, 0.15) is 0 Å². The van der Waals surface area contributed by atoms with Gasteiger partial charge in [-0.1, -0.05) is 25.5 Å². The molecule has 1 aliphatic carbocycles. The van der Waals surface area contributed by atoms with Gasteiger partial charge in [0.2, 0.25) is 0 Å². The lowest BCUT2D eigenvalue weighted by molar-refractivity contribution is 0.197. The van der Waals surface area contributed by atoms with E-state index in [2.05, 4.69) is 17.9 Å². The summed E-state index contributed by atoms with van der Waals surface area (Å²) in [7, 11) is 0. The van der Waals surface area contributed by atoms with E-state index in [0.717, 1.165) is 19.0 Å². The number of rotatable bonds is 6. The van der Waals surface area contributed by atoms with E-state index >= 15 is 0 Å². The fourth-order valence-electron chi connectivity index (χ4n) is 1.69. The lowest BCUT2D eigenvalue weighted by Gasteiger charge is -2.31. The molecule has 1 aliphatic rings. The first-order valence-corrected chi connectivity index (χ1v) is 5.44. The maximum absolute atomic E-state index is 5.39. The van der Waals surface area contributed by atoms with Crippen molar-refractivity contribution in [2.75, 3.05) is 26.2 Å². The molecule has 0 amide bonds. The lowest BCUT2D eigenvalue weighted by Crippen LogP contribution is -2.32. The highest BCUT2D eigenvalue weighted by Gasteiger charge is 2.19. The van der Waals surface area contributed by atoms with Crippen molar-refractivity contribution >= 4 is 0 Å². The third-order valence-electron chi connectivity index (χ3n) is 2.85. The van der Waals surface area contributed by atoms with Crippen molar-refractivity contribution in [2.24, 2.45) is 11.7 Å². The van der Waals surface area contributed by atoms with E-state index in [9.17, 15) is 0 Å². The van der Waals surface area contributed by atoms with Crippen molar-refractivity contribution in [1.82, 2.24) is 4.90 Å². The topological polar surface area (TPSA) is 29.3 Å². The summed E-state index contributed by atoms with van der Waals surface area (Å²) in [5.41, 5.74) is 5.39. The molecule has 0 aromatic heterocycles. The molecule has 0 aromatic carbocycles. The molecule has 2 N–H and O–H groups in total. The summed E-state index contributed by atoms with van der Waals surface area (Å²) in [6.07, 6.45) is 8.56. The van der Waals surface area contributed by atoms with Crippen LogP contribution in [0.25, 0.3) is 0 Å². The monoisotopic (exact) mass is 182 g/mol. The first-order chi connectivity index (χ1) is 6.36. The molecule has 0 atom stereocenters. The van der Waals surface area contributed by atoms with Crippen molar-refractivity contribution in [3.8, 4) is 0 Å². The van der Waals surface area contributed by atoms with Crippen molar-refractivity contribution in [2.45, 2.75) is 26.2 Å². The summed E-state index contributed by atoms with van der Waals surface area (Å²) in [5.74, 6) is 0.978. The van der Waals surface area contributed by atoms with Crippen LogP contribution in [0.2, 0.25) is 0 Å². The second-order valence-corrected chi connectivity index (χ2v) is 3.86. The standard InChI is InChI=1S/C11H22N2/c1-2-13(9-4-3-8-12)10-11-6-5-7-11/h3-4,11H,2,5-10,12H2,1H3/b4-3+. The van der Waals surface area contributed by atoms with Crippen LogP contribution in [0.4, 0.5) is 0 Å². The van der Waals surface area contributed by atoms with Crippen LogP contribution in [0.5, 0.6) is 0 Å². The highest BCUT2D eigenvalue weighted by Crippen LogP contribution is 2.26. The maximum atomic E-state index is 5.39. The molecular weight excluding hydrogens is 160 g/mol. The summed E-state index contributed by atoms with van der Waals surface area (Å²) < 4.78 is 0. The SMILES string of the molecule is CCN(C/C=C/CN)CC1CCC1. The maximum Gasteiger partial charge on any atom is 0.0163 e. The van der Waals surface area contributed by atoms with E-state index in [1.54, 1.807) is 0 Å². The van der Waals surface area contributed by atoms with Gasteiger partial charge in [0, 0.05) is 19.6 Å². The number of hydrogen-bond acceptors (Lipinski definition) is 2. The van der Waals surface area contributed by atoms with Crippen molar-refractivity contribution in [3.63, 3.8) is 0 Å². The van der Waals surface area contributed by atoms with Crippen LogP contribution in [-0.4, -0.2) is 31.1 Å². The van der Waals surface area contributed by atoms with Crippen LogP contribution >= 0.6 is 0 Å². The Balaban J connectivity index is 2.13. The fourth-order valence-corrected chi connectivity index (χ4v) is 1.69. The molecule has 1 fully saturated rings. The summed E-state index contributed by atoms with van der Waals surface area (Å²) in [5, 5.41) is 0. The predicted octanol–water partition coefficient (Wildman–Crippen LogP) is 1.62. The smallest absolute Gasteiger partial charge is 0.0163 e. The summed E-state index contributed by atoms with van der Waals surface area (Å²) in [6, 6.07) is 0. The molecule has 0 radical (unpaired) electrons. The Morgan fingerprint density at radius 2 is 2.15 bits per heavy atom. The van der Waals surface area contributed by atoms with Gasteiger partial charge in [-0.05, 0) is 25.3 Å². The van der Waals surface area contributed by atoms with Gasteiger partial charge in [-0.25, -0.2) is 0 Å². The van der Waals surface area contributed by atoms with Gasteiger partial charge in [0.25, 0.3) is 0 Å². The third-order valence-corrected chi connectivity index (χ3v) is 2.85. The third kappa shape index (κ3) is 3.92. The van der Waals surface area contributed by atoms with Crippen molar-refractivity contribution in [1.29, 1.82) is 0 Å². The molecule has 1 saturated carbocycles. The quantitative estimate of drug-likeness (QED) is 0.633. The molecule has 2 nitrogen and oxygen atoms in total. The Morgan fingerprint density at radius 3 is 2.62 bits per heavy atom. The van der Waals surface area contributed by atoms with Crippen LogP contribution in [0.3, 0.4) is 0 Å². The molecule has 0 spiro atoms. The van der Waals surface area contributed by atoms with Crippen molar-refractivity contribution < 1.29 is 0 Å². The zero-order valence-electron chi connectivity index (χ0n) is 8.71. The molecule has 76 valence electrons. The molecule has 0 bridgehead atoms. The Labute approximate surface area is 81.8 Å². The zero-order chi connectivity index (χ0) is 9.52. The van der Waals surface area contributed by atoms with Gasteiger partial charge in [-0.2, -0.15) is 0 Å². The molecule has 0 aliphatic heterocycles. The highest BCUT2D eigenvalue weighted by molar-refractivity contribution is 4.86. The molecule has 0 saturated heterocycles. The number of nitrogens with zero attached hydrogens (tertiary/aromatic N) is 1. The molecule has 13 heavy (non-hydrogen) atoms. The largest absolute Gasteiger partial charge is 0.327 e. The van der Waals surface area contributed by atoms with Crippen LogP contribution in [0, 0.1) is 5.92 Å². The first kappa shape index (κ1) is 10.7. The van der Waals surface area contributed by atoms with Gasteiger partial charge in [-0.15, -0.1) is 0 Å². The van der Waals surface area contributed by atoms with E-state index in [1.165, 1.54) is 25.8 Å². The van der Waals surface area contributed by atoms with Crippen LogP contribution in [0.15, 0.2) is 12.2 Å². The molecule has 2 heteroatoms. The minimum Gasteiger partial charge on any atom is -0.327 e. The molecule has 0 aromatic rings. The van der Waals surface area contributed by atoms with Gasteiger partial charge in [0.05, 0.1) is 0 Å². The van der Waals surface area contributed by atoms with Gasteiger partial charge >= 0.3 is 0 Å². The van der Waals surface area contributed by atoms with Gasteiger partial charge < -0.3 is 5.73 Å². The summed E-state index contributed by atoms with van der Waals surface area (Å²) in [6.45, 7) is 6.41. The van der Waals surface area contributed by atoms with Crippen LogP contribution in [0.1, 0.15) is 26.2 Å². The van der Waals surface area contributed by atoms with E-state index in [-0.39, 0.29) is 0 Å². The Bertz CT molecular complexity index is 150. The number of hydrogen-bond donors (Lipinski definition) is 1. The minimum atomic E-state index is 0.668. The average Bonchev–Trinajstić information content (AvgIpc) is 2.08. The first-order valence-electron chi connectivity index (χ1n) is 5.44. The van der Waals surface area contributed by atoms with E-state index < -0.39 is 0 Å². The highest BCUT2D eigenvalue weighted by atomic mass is 15.1. The van der Waals surface area contributed by atoms with Gasteiger partial charge in [-0.3, -0.25) is 4.90 Å². The second kappa shape index (κ2) is 6.17. The van der Waals surface area contributed by atoms with Crippen LogP contribution in [-0.2, 0) is 0 Å². The lowest BCUT2D eigenvalue weighted by atomic mass is 9.85. The second-order valence-electron chi connectivity index (χ2n) is 3.86. The van der Waals surface area contributed by atoms with E-state index in [1.807, 2.05) is 6.08 Å². The molecular formula is C11H22N2. The molecule has 1 rings (SSSR count). The normalized spacial score (nSPS) is 18.4. The Morgan fingerprint density at radius 1 is 1.38 bits per heavy atom. The minimum absolute atomic E-state index is 0.668. The van der Waals surface area contributed by atoms with Crippen LogP contribution < -0.4 is 5.73 Å². The Hall–Kier alpha value is -0.340. The zero-order valence-corrected chi connectivity index (χ0v) is 8.71. The fraction of sp³-hybridized carbons (Fsp3) is 0.818. The average molecular weight is 182 g/mol. The predicted molar refractivity (Wildman–Crippen MR) is 57.6 cm³/mol. The molecule has 0 unspecified atom stereocenters. The Kier molecular flexibility index (Phi) is 5.09. The summed E-state index contributed by atoms with van der Waals surface area (Å²) >= 11 is 0. The van der Waals surface area contributed by atoms with E-state index in [4.69, 9.17) is 5.73 Å². The van der Waals surface area contributed by atoms with Gasteiger partial charge in [0.15, 0.2) is 0 Å². The number of likely N-dealkylation sites (N-methyl/N-ethyl adjacent to an activating group) is 1. The number of nitrogens with two attached hydrogens (primary N) is 1. The summed E-state index contributed by atoms with van der Waals surface area (Å²) in [4.78, 5) is 2.50. The molecule has 0 heterocycles.